The molecule has 5 rings (SSSR count). The Morgan fingerprint density at radius 2 is 1.94 bits per heavy atom. The van der Waals surface area contributed by atoms with Crippen LogP contribution in [0.2, 0.25) is 10.0 Å². The number of amides is 2. The number of hydrogen-bond acceptors (Lipinski definition) is 3. The van der Waals surface area contributed by atoms with E-state index in [9.17, 15) is 9.59 Å². The highest BCUT2D eigenvalue weighted by atomic mass is 35.5. The smallest absolute Gasteiger partial charge is 0.250 e. The van der Waals surface area contributed by atoms with E-state index < -0.39 is 23.2 Å². The van der Waals surface area contributed by atoms with E-state index in [0.717, 1.165) is 0 Å². The van der Waals surface area contributed by atoms with Crippen molar-refractivity contribution in [1.29, 1.82) is 0 Å². The normalized spacial score (nSPS) is 29.1. The summed E-state index contributed by atoms with van der Waals surface area (Å²) in [6, 6.07) is 9.86. The average Bonchev–Trinajstić information content (AvgIpc) is 3.17. The quantitative estimate of drug-likeness (QED) is 0.628. The molecule has 2 saturated heterocycles. The van der Waals surface area contributed by atoms with E-state index >= 15 is 4.39 Å². The Kier molecular flexibility index (Phi) is 5.27. The second kappa shape index (κ2) is 7.69. The fourth-order valence-electron chi connectivity index (χ4n) is 6.06. The van der Waals surface area contributed by atoms with Gasteiger partial charge in [0.25, 0.3) is 0 Å². The van der Waals surface area contributed by atoms with Crippen LogP contribution in [0, 0.1) is 17.2 Å². The summed E-state index contributed by atoms with van der Waals surface area (Å²) < 4.78 is 15.6. The number of benzene rings is 2. The maximum atomic E-state index is 15.6. The fraction of sp³-hybridized carbons (Fsp3) is 0.440. The summed E-state index contributed by atoms with van der Waals surface area (Å²) in [7, 11) is 0. The van der Waals surface area contributed by atoms with Crippen LogP contribution < -0.4 is 10.6 Å². The zero-order valence-corrected chi connectivity index (χ0v) is 20.2. The third-order valence-electron chi connectivity index (χ3n) is 7.07. The van der Waals surface area contributed by atoms with Crippen molar-refractivity contribution in [2.75, 3.05) is 18.4 Å². The molecule has 0 saturated carbocycles. The fourth-order valence-corrected chi connectivity index (χ4v) is 6.41. The lowest BCUT2D eigenvalue weighted by molar-refractivity contribution is -0.129. The van der Waals surface area contributed by atoms with Gasteiger partial charge in [-0.15, -0.1) is 0 Å². The molecule has 2 aromatic carbocycles. The Morgan fingerprint density at radius 3 is 2.67 bits per heavy atom. The van der Waals surface area contributed by atoms with Crippen molar-refractivity contribution in [3.63, 3.8) is 0 Å². The van der Waals surface area contributed by atoms with Crippen LogP contribution in [-0.2, 0) is 15.1 Å². The molecule has 8 heteroatoms. The molecular formula is C25H26Cl2FN3O2. The average molecular weight is 490 g/mol. The number of rotatable bonds is 2. The highest BCUT2D eigenvalue weighted by Crippen LogP contribution is 2.61. The molecule has 0 aromatic heterocycles. The molecule has 2 amide bonds. The SMILES string of the molecule is CC(C)(C)CN1[C@H]2CCNC(=O)[C@H]2[C@H](c2cccc(Cl)c2F)[C@]12C(=O)Nc1cc(Cl)ccc12. The van der Waals surface area contributed by atoms with E-state index in [1.807, 2.05) is 6.07 Å². The molecule has 0 unspecified atom stereocenters. The van der Waals surface area contributed by atoms with Gasteiger partial charge in [-0.1, -0.05) is 62.2 Å². The molecule has 0 bridgehead atoms. The minimum atomic E-state index is -1.27. The third-order valence-corrected chi connectivity index (χ3v) is 7.59. The number of carbonyl (C=O) groups is 2. The molecule has 1 spiro atoms. The summed E-state index contributed by atoms with van der Waals surface area (Å²) in [4.78, 5) is 29.5. The van der Waals surface area contributed by atoms with Gasteiger partial charge in [-0.2, -0.15) is 0 Å². The van der Waals surface area contributed by atoms with Gasteiger partial charge in [0.2, 0.25) is 11.8 Å². The molecule has 2 aromatic rings. The lowest BCUT2D eigenvalue weighted by Gasteiger charge is -2.43. The highest BCUT2D eigenvalue weighted by Gasteiger charge is 2.69. The third kappa shape index (κ3) is 3.29. The number of anilines is 1. The summed E-state index contributed by atoms with van der Waals surface area (Å²) in [5, 5.41) is 6.41. The molecule has 2 N–H and O–H groups in total. The number of fused-ring (bicyclic) bond motifs is 3. The number of likely N-dealkylation sites (tertiary alicyclic amines) is 1. The minimum Gasteiger partial charge on any atom is -0.356 e. The van der Waals surface area contributed by atoms with Gasteiger partial charge in [-0.3, -0.25) is 14.5 Å². The zero-order chi connectivity index (χ0) is 23.7. The Bertz CT molecular complexity index is 1160. The van der Waals surface area contributed by atoms with Crippen LogP contribution in [0.5, 0.6) is 0 Å². The molecule has 0 aliphatic carbocycles. The van der Waals surface area contributed by atoms with Crippen molar-refractivity contribution in [3.05, 3.63) is 63.4 Å². The summed E-state index contributed by atoms with van der Waals surface area (Å²) in [5.74, 6) is -2.39. The summed E-state index contributed by atoms with van der Waals surface area (Å²) >= 11 is 12.4. The molecular weight excluding hydrogens is 464 g/mol. The van der Waals surface area contributed by atoms with Crippen molar-refractivity contribution in [2.45, 2.75) is 44.7 Å². The van der Waals surface area contributed by atoms with Gasteiger partial charge in [-0.25, -0.2) is 4.39 Å². The Labute approximate surface area is 202 Å². The zero-order valence-electron chi connectivity index (χ0n) is 18.7. The van der Waals surface area contributed by atoms with E-state index in [1.165, 1.54) is 6.07 Å². The minimum absolute atomic E-state index is 0.0283. The first-order valence-electron chi connectivity index (χ1n) is 11.2. The van der Waals surface area contributed by atoms with Crippen LogP contribution in [0.25, 0.3) is 0 Å². The van der Waals surface area contributed by atoms with Crippen molar-refractivity contribution >= 4 is 40.7 Å². The highest BCUT2D eigenvalue weighted by molar-refractivity contribution is 6.31. The first kappa shape index (κ1) is 22.6. The van der Waals surface area contributed by atoms with E-state index in [4.69, 9.17) is 23.2 Å². The molecule has 3 aliphatic heterocycles. The van der Waals surface area contributed by atoms with Crippen molar-refractivity contribution in [2.24, 2.45) is 11.3 Å². The van der Waals surface area contributed by atoms with E-state index in [0.29, 0.717) is 35.8 Å². The molecule has 5 nitrogen and oxygen atoms in total. The van der Waals surface area contributed by atoms with Gasteiger partial charge in [0, 0.05) is 41.3 Å². The van der Waals surface area contributed by atoms with Gasteiger partial charge in [0.1, 0.15) is 11.4 Å². The van der Waals surface area contributed by atoms with Crippen LogP contribution in [0.3, 0.4) is 0 Å². The van der Waals surface area contributed by atoms with Gasteiger partial charge < -0.3 is 10.6 Å². The number of nitrogens with one attached hydrogen (secondary N) is 2. The number of piperidine rings is 1. The second-order valence-corrected chi connectivity index (χ2v) is 11.2. The predicted octanol–water partition coefficient (Wildman–Crippen LogP) is 4.93. The second-order valence-electron chi connectivity index (χ2n) is 10.4. The number of nitrogens with zero attached hydrogens (tertiary/aromatic N) is 1. The van der Waals surface area contributed by atoms with Crippen LogP contribution >= 0.6 is 23.2 Å². The largest absolute Gasteiger partial charge is 0.356 e. The number of hydrogen-bond donors (Lipinski definition) is 2. The first-order chi connectivity index (χ1) is 15.6. The molecule has 0 radical (unpaired) electrons. The molecule has 4 atom stereocenters. The lowest BCUT2D eigenvalue weighted by atomic mass is 9.70. The maximum Gasteiger partial charge on any atom is 0.250 e. The maximum absolute atomic E-state index is 15.6. The van der Waals surface area contributed by atoms with Gasteiger partial charge >= 0.3 is 0 Å². The Hall–Kier alpha value is -2.15. The summed E-state index contributed by atoms with van der Waals surface area (Å²) in [6.45, 7) is 7.36. The Balaban J connectivity index is 1.85. The monoisotopic (exact) mass is 489 g/mol. The van der Waals surface area contributed by atoms with E-state index in [1.54, 1.807) is 24.3 Å². The van der Waals surface area contributed by atoms with Crippen molar-refractivity contribution in [3.8, 4) is 0 Å². The predicted molar refractivity (Wildman–Crippen MR) is 127 cm³/mol. The Morgan fingerprint density at radius 1 is 1.18 bits per heavy atom. The summed E-state index contributed by atoms with van der Waals surface area (Å²) in [6.07, 6.45) is 0.670. The van der Waals surface area contributed by atoms with Gasteiger partial charge in [-0.05, 0) is 35.6 Å². The summed E-state index contributed by atoms with van der Waals surface area (Å²) in [5.41, 5.74) is 0.146. The molecule has 33 heavy (non-hydrogen) atoms. The molecule has 3 aliphatic rings. The number of halogens is 3. The van der Waals surface area contributed by atoms with Crippen LogP contribution in [-0.4, -0.2) is 35.8 Å². The topological polar surface area (TPSA) is 61.4 Å². The lowest BCUT2D eigenvalue weighted by Crippen LogP contribution is -2.55. The van der Waals surface area contributed by atoms with E-state index in [2.05, 4.69) is 36.3 Å². The van der Waals surface area contributed by atoms with Crippen molar-refractivity contribution < 1.29 is 14.0 Å². The first-order valence-corrected chi connectivity index (χ1v) is 11.9. The van der Waals surface area contributed by atoms with Crippen LogP contribution in [0.15, 0.2) is 36.4 Å². The van der Waals surface area contributed by atoms with Crippen LogP contribution in [0.1, 0.15) is 44.2 Å². The molecule has 2 fully saturated rings. The number of carbonyl (C=O) groups excluding carboxylic acids is 2. The molecule has 174 valence electrons. The van der Waals surface area contributed by atoms with Crippen LogP contribution in [0.4, 0.5) is 10.1 Å². The standard InChI is InChI=1S/C25H26Cl2FN3O2/c1-24(2,3)12-31-18-9-10-29-22(32)19(18)20(14-5-4-6-16(27)21(14)28)25(31)15-8-7-13(26)11-17(15)30-23(25)33/h4-8,11,18-20H,9-10,12H2,1-3H3,(H,29,32)(H,30,33)/t18-,19+,20-,25+/m0/s1. The van der Waals surface area contributed by atoms with Crippen molar-refractivity contribution in [1.82, 2.24) is 10.2 Å². The van der Waals surface area contributed by atoms with E-state index in [-0.39, 0.29) is 33.9 Å². The van der Waals surface area contributed by atoms with Gasteiger partial charge in [0.05, 0.1) is 10.9 Å². The van der Waals surface area contributed by atoms with Gasteiger partial charge in [0.15, 0.2) is 0 Å². The molecule has 3 heterocycles.